The number of ether oxygens (including phenoxy) is 1. The molecule has 0 spiro atoms. The van der Waals surface area contributed by atoms with Gasteiger partial charge in [-0.25, -0.2) is 19.2 Å². The van der Waals surface area contributed by atoms with Gasteiger partial charge in [-0.3, -0.25) is 4.79 Å². The number of cyclic esters (lactones) is 1. The first-order valence-electron chi connectivity index (χ1n) is 8.99. The lowest BCUT2D eigenvalue weighted by Crippen LogP contribution is -2.16. The number of carbonyl (C=O) groups excluding carboxylic acids is 2. The van der Waals surface area contributed by atoms with Crippen molar-refractivity contribution in [2.24, 2.45) is 0 Å². The number of aromatic amines is 1. The number of carbonyl (C=O) groups is 2. The molecule has 0 aliphatic carbocycles. The van der Waals surface area contributed by atoms with Crippen LogP contribution in [0.5, 0.6) is 0 Å². The van der Waals surface area contributed by atoms with Gasteiger partial charge in [0.1, 0.15) is 23.8 Å². The van der Waals surface area contributed by atoms with Gasteiger partial charge >= 0.3 is 5.97 Å². The first kappa shape index (κ1) is 18.3. The topological polar surface area (TPSA) is 109 Å². The molecule has 0 atom stereocenters. The van der Waals surface area contributed by atoms with Crippen molar-refractivity contribution in [3.05, 3.63) is 63.9 Å². The fraction of sp³-hybridized carbons (Fsp3) is 0.100. The number of H-pyrrole nitrogens is 1. The zero-order valence-corrected chi connectivity index (χ0v) is 16.0. The van der Waals surface area contributed by atoms with E-state index in [9.17, 15) is 14.0 Å². The molecule has 8 nitrogen and oxygen atoms in total. The van der Waals surface area contributed by atoms with E-state index in [2.05, 4.69) is 25.6 Å². The molecule has 0 fully saturated rings. The van der Waals surface area contributed by atoms with E-state index in [0.29, 0.717) is 46.1 Å². The van der Waals surface area contributed by atoms with Crippen LogP contribution in [0.3, 0.4) is 0 Å². The van der Waals surface area contributed by atoms with Crippen molar-refractivity contribution in [2.75, 3.05) is 17.2 Å². The van der Waals surface area contributed by atoms with Gasteiger partial charge in [0.05, 0.1) is 28.3 Å². The number of hydrogen-bond donors (Lipinski definition) is 3. The van der Waals surface area contributed by atoms with Crippen LogP contribution in [0.1, 0.15) is 27.2 Å². The summed E-state index contributed by atoms with van der Waals surface area (Å²) >= 11 is 5.86. The molecule has 1 aromatic carbocycles. The molecule has 30 heavy (non-hydrogen) atoms. The molecule has 0 unspecified atom stereocenters. The van der Waals surface area contributed by atoms with Crippen LogP contribution in [0.4, 0.5) is 21.7 Å². The second-order valence-electron chi connectivity index (χ2n) is 6.69. The predicted molar refractivity (Wildman–Crippen MR) is 108 cm³/mol. The molecule has 0 saturated heterocycles. The zero-order valence-electron chi connectivity index (χ0n) is 15.3. The Morgan fingerprint density at radius 3 is 2.97 bits per heavy atom. The molecular formula is C20H13ClFN5O3. The van der Waals surface area contributed by atoms with Crippen LogP contribution in [0, 0.1) is 5.82 Å². The van der Waals surface area contributed by atoms with Crippen LogP contribution in [-0.2, 0) is 16.0 Å². The lowest BCUT2D eigenvalue weighted by molar-refractivity contribution is -0.110. The summed E-state index contributed by atoms with van der Waals surface area (Å²) in [6.07, 6.45) is 5.08. The van der Waals surface area contributed by atoms with Crippen LogP contribution < -0.4 is 10.6 Å². The molecule has 3 N–H and O–H groups in total. The number of amides is 1. The summed E-state index contributed by atoms with van der Waals surface area (Å²) in [5, 5.41) is 5.72. The van der Waals surface area contributed by atoms with Gasteiger partial charge in [-0.2, -0.15) is 0 Å². The van der Waals surface area contributed by atoms with Crippen molar-refractivity contribution in [1.82, 2.24) is 15.0 Å². The first-order chi connectivity index (χ1) is 14.5. The van der Waals surface area contributed by atoms with Crippen LogP contribution in [0.2, 0.25) is 5.02 Å². The van der Waals surface area contributed by atoms with Gasteiger partial charge in [-0.05, 0) is 29.8 Å². The summed E-state index contributed by atoms with van der Waals surface area (Å²) in [7, 11) is 0. The number of rotatable bonds is 3. The smallest absolute Gasteiger partial charge is 0.339 e. The van der Waals surface area contributed by atoms with Gasteiger partial charge in [-0.15, -0.1) is 0 Å². The van der Waals surface area contributed by atoms with E-state index in [4.69, 9.17) is 16.3 Å². The second-order valence-corrected chi connectivity index (χ2v) is 7.10. The third-order valence-corrected chi connectivity index (χ3v) is 5.18. The van der Waals surface area contributed by atoms with E-state index in [1.54, 1.807) is 12.3 Å². The Hall–Kier alpha value is -3.72. The Balaban J connectivity index is 1.58. The third kappa shape index (κ3) is 3.00. The molecule has 2 aromatic heterocycles. The standard InChI is InChI=1S/C20H13ClFN5O3/c21-13-5-9(1-2-14(13)22)26-17-16-11(19(28)27-18(16)25-8-24-17)6-15-10-3-4-30-20(29)12(10)7-23-15/h1-2,5-8,23H,3-4H2,(H2,24,25,26,27,28)/b11-6-. The lowest BCUT2D eigenvalue weighted by Gasteiger charge is -2.12. The minimum atomic E-state index is -0.539. The fourth-order valence-electron chi connectivity index (χ4n) is 3.48. The molecule has 0 radical (unpaired) electrons. The predicted octanol–water partition coefficient (Wildman–Crippen LogP) is 3.55. The number of hydrogen-bond acceptors (Lipinski definition) is 6. The van der Waals surface area contributed by atoms with Gasteiger partial charge < -0.3 is 20.4 Å². The van der Waals surface area contributed by atoms with E-state index in [1.807, 2.05) is 0 Å². The van der Waals surface area contributed by atoms with Crippen molar-refractivity contribution in [3.8, 4) is 0 Å². The quantitative estimate of drug-likeness (QED) is 0.437. The monoisotopic (exact) mass is 425 g/mol. The second kappa shape index (κ2) is 6.96. The Kier molecular flexibility index (Phi) is 4.25. The molecule has 150 valence electrons. The maximum Gasteiger partial charge on any atom is 0.339 e. The maximum atomic E-state index is 13.5. The van der Waals surface area contributed by atoms with E-state index in [-0.39, 0.29) is 17.5 Å². The number of aromatic nitrogens is 3. The van der Waals surface area contributed by atoms with Crippen molar-refractivity contribution >= 4 is 52.4 Å². The van der Waals surface area contributed by atoms with Crippen molar-refractivity contribution in [1.29, 1.82) is 0 Å². The Morgan fingerprint density at radius 2 is 2.13 bits per heavy atom. The summed E-state index contributed by atoms with van der Waals surface area (Å²) < 4.78 is 18.5. The highest BCUT2D eigenvalue weighted by molar-refractivity contribution is 6.35. The van der Waals surface area contributed by atoms with Crippen LogP contribution in [-0.4, -0.2) is 33.4 Å². The van der Waals surface area contributed by atoms with Crippen molar-refractivity contribution in [3.63, 3.8) is 0 Å². The van der Waals surface area contributed by atoms with E-state index in [0.717, 1.165) is 5.56 Å². The minimum absolute atomic E-state index is 0.0411. The molecule has 10 heteroatoms. The summed E-state index contributed by atoms with van der Waals surface area (Å²) in [4.78, 5) is 35.9. The SMILES string of the molecule is O=C1Nc2ncnc(Nc3ccc(F)c(Cl)c3)c2/C1=C/c1[nH]cc2c1CCOC2=O. The minimum Gasteiger partial charge on any atom is -0.462 e. The van der Waals surface area contributed by atoms with E-state index < -0.39 is 11.8 Å². The number of nitrogens with one attached hydrogen (secondary N) is 3. The van der Waals surface area contributed by atoms with Gasteiger partial charge in [0, 0.05) is 24.0 Å². The number of benzene rings is 1. The average Bonchev–Trinajstić information content (AvgIpc) is 3.28. The van der Waals surface area contributed by atoms with Crippen LogP contribution in [0.25, 0.3) is 11.6 Å². The highest BCUT2D eigenvalue weighted by Crippen LogP contribution is 2.38. The normalized spacial score (nSPS) is 16.1. The van der Waals surface area contributed by atoms with Gasteiger partial charge in [0.25, 0.3) is 5.91 Å². The number of nitrogens with zero attached hydrogens (tertiary/aromatic N) is 2. The maximum absolute atomic E-state index is 13.5. The Morgan fingerprint density at radius 1 is 1.27 bits per heavy atom. The molecule has 4 heterocycles. The lowest BCUT2D eigenvalue weighted by atomic mass is 10.0. The fourth-order valence-corrected chi connectivity index (χ4v) is 3.66. The Bertz CT molecular complexity index is 1250. The van der Waals surface area contributed by atoms with Gasteiger partial charge in [-0.1, -0.05) is 11.6 Å². The van der Waals surface area contributed by atoms with E-state index in [1.165, 1.54) is 24.5 Å². The van der Waals surface area contributed by atoms with Gasteiger partial charge in [0.15, 0.2) is 0 Å². The zero-order chi connectivity index (χ0) is 20.8. The molecule has 5 rings (SSSR count). The molecule has 0 bridgehead atoms. The third-order valence-electron chi connectivity index (χ3n) is 4.89. The van der Waals surface area contributed by atoms with Crippen molar-refractivity contribution < 1.29 is 18.7 Å². The van der Waals surface area contributed by atoms with E-state index >= 15 is 0 Å². The van der Waals surface area contributed by atoms with Crippen LogP contribution >= 0.6 is 11.6 Å². The molecular weight excluding hydrogens is 413 g/mol. The highest BCUT2D eigenvalue weighted by atomic mass is 35.5. The number of fused-ring (bicyclic) bond motifs is 2. The highest BCUT2D eigenvalue weighted by Gasteiger charge is 2.31. The first-order valence-corrected chi connectivity index (χ1v) is 9.37. The molecule has 3 aromatic rings. The number of esters is 1. The van der Waals surface area contributed by atoms with Crippen LogP contribution in [0.15, 0.2) is 30.7 Å². The number of anilines is 3. The largest absolute Gasteiger partial charge is 0.462 e. The molecule has 2 aliphatic rings. The summed E-state index contributed by atoms with van der Waals surface area (Å²) in [6, 6.07) is 4.17. The summed E-state index contributed by atoms with van der Waals surface area (Å²) in [5.74, 6) is -0.591. The summed E-state index contributed by atoms with van der Waals surface area (Å²) in [5.41, 5.74) is 3.17. The van der Waals surface area contributed by atoms with Gasteiger partial charge in [0.2, 0.25) is 0 Å². The molecule has 2 aliphatic heterocycles. The Labute approximate surface area is 174 Å². The molecule has 1 amide bonds. The molecule has 0 saturated carbocycles. The number of halogens is 2. The van der Waals surface area contributed by atoms with Crippen molar-refractivity contribution in [2.45, 2.75) is 6.42 Å². The average molecular weight is 426 g/mol. The summed E-state index contributed by atoms with van der Waals surface area (Å²) in [6.45, 7) is 0.282.